The van der Waals surface area contributed by atoms with Gasteiger partial charge in [0.15, 0.2) is 0 Å². The van der Waals surface area contributed by atoms with Gasteiger partial charge in [0.25, 0.3) is 0 Å². The first-order chi connectivity index (χ1) is 8.24. The Morgan fingerprint density at radius 1 is 0.882 bits per heavy atom. The molecule has 0 unspecified atom stereocenters. The highest BCUT2D eigenvalue weighted by Crippen LogP contribution is 2.12. The number of halogens is 2. The van der Waals surface area contributed by atoms with Gasteiger partial charge < -0.3 is 4.74 Å². The molecule has 4 heteroatoms. The molecule has 0 spiro atoms. The number of aromatic nitrogens is 1. The lowest BCUT2D eigenvalue weighted by atomic mass is 10.2. The molecule has 17 heavy (non-hydrogen) atoms. The average molecular weight is 357 g/mol. The summed E-state index contributed by atoms with van der Waals surface area (Å²) in [6.45, 7) is 1.13. The van der Waals surface area contributed by atoms with E-state index in [1.165, 1.54) is 0 Å². The third-order valence-electron chi connectivity index (χ3n) is 2.22. The number of benzene rings is 1. The summed E-state index contributed by atoms with van der Waals surface area (Å²) in [5.41, 5.74) is 2.09. The molecular formula is C13H11Br2NO. The van der Waals surface area contributed by atoms with Crippen LogP contribution in [-0.2, 0) is 18.0 Å². The van der Waals surface area contributed by atoms with Gasteiger partial charge in [0.2, 0.25) is 0 Å². The molecule has 0 aliphatic heterocycles. The van der Waals surface area contributed by atoms with Crippen LogP contribution in [-0.4, -0.2) is 4.98 Å². The molecular weight excluding hydrogens is 346 g/mol. The number of hydrogen-bond donors (Lipinski definition) is 0. The smallest absolute Gasteiger partial charge is 0.0892 e. The average Bonchev–Trinajstić information content (AvgIpc) is 2.34. The Labute approximate surface area is 117 Å². The zero-order valence-electron chi connectivity index (χ0n) is 9.07. The summed E-state index contributed by atoms with van der Waals surface area (Å²) in [5.74, 6) is 0. The van der Waals surface area contributed by atoms with Crippen molar-refractivity contribution < 1.29 is 4.74 Å². The molecule has 1 aromatic carbocycles. The number of hydrogen-bond acceptors (Lipinski definition) is 2. The fourth-order valence-electron chi connectivity index (χ4n) is 1.35. The maximum absolute atomic E-state index is 5.59. The van der Waals surface area contributed by atoms with Gasteiger partial charge in [0, 0.05) is 15.1 Å². The van der Waals surface area contributed by atoms with Crippen molar-refractivity contribution in [1.82, 2.24) is 4.98 Å². The molecule has 0 amide bonds. The van der Waals surface area contributed by atoms with Crippen LogP contribution in [0.4, 0.5) is 0 Å². The maximum Gasteiger partial charge on any atom is 0.0892 e. The highest BCUT2D eigenvalue weighted by Gasteiger charge is 1.97. The first-order valence-corrected chi connectivity index (χ1v) is 6.75. The Bertz CT molecular complexity index is 422. The number of rotatable bonds is 4. The largest absolute Gasteiger partial charge is 0.370 e. The van der Waals surface area contributed by atoms with E-state index >= 15 is 0 Å². The van der Waals surface area contributed by atoms with Crippen LogP contribution in [0.5, 0.6) is 0 Å². The van der Waals surface area contributed by atoms with E-state index in [-0.39, 0.29) is 0 Å². The number of nitrogens with zero attached hydrogens (tertiary/aromatic N) is 1. The van der Waals surface area contributed by atoms with E-state index in [2.05, 4.69) is 36.8 Å². The molecule has 0 N–H and O–H groups in total. The van der Waals surface area contributed by atoms with Gasteiger partial charge in [-0.25, -0.2) is 0 Å². The van der Waals surface area contributed by atoms with Crippen LogP contribution < -0.4 is 0 Å². The number of pyridine rings is 1. The fourth-order valence-corrected chi connectivity index (χ4v) is 1.84. The van der Waals surface area contributed by atoms with Gasteiger partial charge in [0.1, 0.15) is 0 Å². The lowest BCUT2D eigenvalue weighted by Crippen LogP contribution is -1.96. The van der Waals surface area contributed by atoms with Crippen LogP contribution in [0.15, 0.2) is 51.5 Å². The van der Waals surface area contributed by atoms with Gasteiger partial charge in [0.05, 0.1) is 18.9 Å². The van der Waals surface area contributed by atoms with Crippen LogP contribution >= 0.6 is 31.9 Å². The first-order valence-electron chi connectivity index (χ1n) is 5.16. The fraction of sp³-hybridized carbons (Fsp3) is 0.154. The summed E-state index contributed by atoms with van der Waals surface area (Å²) < 4.78 is 7.65. The lowest BCUT2D eigenvalue weighted by molar-refractivity contribution is 0.104. The van der Waals surface area contributed by atoms with Crippen LogP contribution in [0.25, 0.3) is 0 Å². The lowest BCUT2D eigenvalue weighted by Gasteiger charge is -2.04. The molecule has 0 aliphatic rings. The number of ether oxygens (including phenoxy) is 1. The Morgan fingerprint density at radius 2 is 1.59 bits per heavy atom. The highest BCUT2D eigenvalue weighted by molar-refractivity contribution is 9.10. The van der Waals surface area contributed by atoms with E-state index in [1.807, 2.05) is 36.4 Å². The minimum atomic E-state index is 0.531. The van der Waals surface area contributed by atoms with Gasteiger partial charge in [-0.3, -0.25) is 4.98 Å². The molecule has 0 aliphatic carbocycles. The van der Waals surface area contributed by atoms with E-state index in [0.717, 1.165) is 20.2 Å². The first kappa shape index (κ1) is 12.7. The molecule has 2 rings (SSSR count). The molecule has 0 saturated heterocycles. The summed E-state index contributed by atoms with van der Waals surface area (Å²) in [5, 5.41) is 0. The van der Waals surface area contributed by atoms with Gasteiger partial charge in [-0.1, -0.05) is 28.1 Å². The molecule has 0 radical (unpaired) electrons. The van der Waals surface area contributed by atoms with Gasteiger partial charge in [-0.15, -0.1) is 0 Å². The Balaban J connectivity index is 1.83. The summed E-state index contributed by atoms with van der Waals surface area (Å²) in [7, 11) is 0. The normalized spacial score (nSPS) is 10.5. The topological polar surface area (TPSA) is 22.1 Å². The van der Waals surface area contributed by atoms with E-state index in [1.54, 1.807) is 6.20 Å². The molecule has 0 saturated carbocycles. The predicted molar refractivity (Wildman–Crippen MR) is 74.6 cm³/mol. The molecule has 88 valence electrons. The summed E-state index contributed by atoms with van der Waals surface area (Å²) in [6.07, 6.45) is 1.78. The Kier molecular flexibility index (Phi) is 4.71. The van der Waals surface area contributed by atoms with Crippen molar-refractivity contribution in [2.24, 2.45) is 0 Å². The second-order valence-corrected chi connectivity index (χ2v) is 5.42. The second-order valence-electron chi connectivity index (χ2n) is 3.59. The third-order valence-corrected chi connectivity index (χ3v) is 3.22. The van der Waals surface area contributed by atoms with Crippen molar-refractivity contribution in [3.8, 4) is 0 Å². The van der Waals surface area contributed by atoms with Crippen molar-refractivity contribution in [2.75, 3.05) is 0 Å². The Morgan fingerprint density at radius 3 is 2.24 bits per heavy atom. The van der Waals surface area contributed by atoms with Crippen LogP contribution in [0.2, 0.25) is 0 Å². The second kappa shape index (κ2) is 6.28. The molecule has 2 nitrogen and oxygen atoms in total. The van der Waals surface area contributed by atoms with Crippen LogP contribution in [0.1, 0.15) is 11.3 Å². The molecule has 1 heterocycles. The highest BCUT2D eigenvalue weighted by atomic mass is 79.9. The molecule has 0 bridgehead atoms. The quantitative estimate of drug-likeness (QED) is 0.813. The van der Waals surface area contributed by atoms with Crippen molar-refractivity contribution in [2.45, 2.75) is 13.2 Å². The van der Waals surface area contributed by atoms with Gasteiger partial charge in [-0.05, 0) is 45.8 Å². The predicted octanol–water partition coefficient (Wildman–Crippen LogP) is 4.32. The van der Waals surface area contributed by atoms with Crippen molar-refractivity contribution >= 4 is 31.9 Å². The van der Waals surface area contributed by atoms with Crippen LogP contribution in [0, 0.1) is 0 Å². The van der Waals surface area contributed by atoms with Gasteiger partial charge >= 0.3 is 0 Å². The van der Waals surface area contributed by atoms with Crippen molar-refractivity contribution in [3.05, 3.63) is 62.8 Å². The molecule has 0 atom stereocenters. The van der Waals surface area contributed by atoms with E-state index in [9.17, 15) is 0 Å². The zero-order chi connectivity index (χ0) is 12.1. The van der Waals surface area contributed by atoms with E-state index in [4.69, 9.17) is 4.74 Å². The van der Waals surface area contributed by atoms with Crippen LogP contribution in [0.3, 0.4) is 0 Å². The standard InChI is InChI=1S/C13H11Br2NO/c14-11-3-1-10(2-4-11)8-17-9-13-6-5-12(15)7-16-13/h1-7H,8-9H2. The third kappa shape index (κ3) is 4.22. The van der Waals surface area contributed by atoms with Crippen molar-refractivity contribution in [3.63, 3.8) is 0 Å². The van der Waals surface area contributed by atoms with Gasteiger partial charge in [-0.2, -0.15) is 0 Å². The minimum Gasteiger partial charge on any atom is -0.370 e. The van der Waals surface area contributed by atoms with E-state index < -0.39 is 0 Å². The van der Waals surface area contributed by atoms with Crippen molar-refractivity contribution in [1.29, 1.82) is 0 Å². The molecule has 1 aromatic heterocycles. The minimum absolute atomic E-state index is 0.531. The Hall–Kier alpha value is -0.710. The maximum atomic E-state index is 5.59. The van der Waals surface area contributed by atoms with E-state index in [0.29, 0.717) is 13.2 Å². The summed E-state index contributed by atoms with van der Waals surface area (Å²) >= 11 is 6.75. The monoisotopic (exact) mass is 355 g/mol. The summed E-state index contributed by atoms with van der Waals surface area (Å²) in [6, 6.07) is 12.0. The molecule has 0 fully saturated rings. The SMILES string of the molecule is Brc1ccc(COCc2ccc(Br)cn2)cc1. The summed E-state index contributed by atoms with van der Waals surface area (Å²) in [4.78, 5) is 4.24. The molecule has 2 aromatic rings. The zero-order valence-corrected chi connectivity index (χ0v) is 12.2.